The lowest BCUT2D eigenvalue weighted by atomic mass is 10.1. The van der Waals surface area contributed by atoms with E-state index in [-0.39, 0.29) is 0 Å². The van der Waals surface area contributed by atoms with Crippen LogP contribution >= 0.6 is 0 Å². The average Bonchev–Trinajstić information content (AvgIpc) is 2.43. The molecule has 0 aromatic heterocycles. The molecule has 1 aromatic rings. The quantitative estimate of drug-likeness (QED) is 0.747. The van der Waals surface area contributed by atoms with Crippen molar-refractivity contribution in [1.82, 2.24) is 5.32 Å². The average molecular weight is 257 g/mol. The van der Waals surface area contributed by atoms with Crippen LogP contribution in [-0.4, -0.2) is 17.9 Å². The Morgan fingerprint density at radius 3 is 2.53 bits per heavy atom. The third kappa shape index (κ3) is 4.28. The zero-order valence-electron chi connectivity index (χ0n) is 10.4. The molecule has 0 spiro atoms. The molecule has 1 aromatic carbocycles. The van der Waals surface area contributed by atoms with Gasteiger partial charge in [0.1, 0.15) is 6.04 Å². The Kier molecular flexibility index (Phi) is 5.30. The largest absolute Gasteiger partial charge is 0.368 e. The van der Waals surface area contributed by atoms with Crippen molar-refractivity contribution in [3.63, 3.8) is 0 Å². The number of nitriles is 1. The molecule has 0 aliphatic carbocycles. The molecule has 19 heavy (non-hydrogen) atoms. The lowest BCUT2D eigenvalue weighted by Gasteiger charge is -2.14. The van der Waals surface area contributed by atoms with Gasteiger partial charge in [0.2, 0.25) is 5.91 Å². The predicted octanol–water partition coefficient (Wildman–Crippen LogP) is 1.11. The standard InChI is InChI=1S/C14H15N3O2/c1-2-3-4-12(13(16)18)17-14(19)11-7-5-10(9-15)6-8-11/h2,5-8,12H,1,3-4H2,(H2,16,18)(H,17,19)/t12-/m0/s1. The Labute approximate surface area is 111 Å². The number of hydrogen-bond donors (Lipinski definition) is 2. The predicted molar refractivity (Wildman–Crippen MR) is 71.0 cm³/mol. The molecule has 5 nitrogen and oxygen atoms in total. The molecule has 5 heteroatoms. The van der Waals surface area contributed by atoms with Crippen molar-refractivity contribution in [2.24, 2.45) is 5.73 Å². The van der Waals surface area contributed by atoms with E-state index in [4.69, 9.17) is 11.0 Å². The first-order chi connectivity index (χ1) is 9.08. The summed E-state index contributed by atoms with van der Waals surface area (Å²) in [5.41, 5.74) is 6.06. The molecule has 0 heterocycles. The minimum atomic E-state index is -0.721. The highest BCUT2D eigenvalue weighted by Crippen LogP contribution is 2.05. The lowest BCUT2D eigenvalue weighted by molar-refractivity contribution is -0.119. The van der Waals surface area contributed by atoms with Crippen LogP contribution in [0.3, 0.4) is 0 Å². The Bertz CT molecular complexity index is 514. The summed E-state index contributed by atoms with van der Waals surface area (Å²) in [6, 6.07) is 7.38. The van der Waals surface area contributed by atoms with Gasteiger partial charge < -0.3 is 11.1 Å². The van der Waals surface area contributed by atoms with Crippen LogP contribution in [0.5, 0.6) is 0 Å². The van der Waals surface area contributed by atoms with E-state index in [0.717, 1.165) is 0 Å². The van der Waals surface area contributed by atoms with Crippen LogP contribution in [0.4, 0.5) is 0 Å². The van der Waals surface area contributed by atoms with Gasteiger partial charge >= 0.3 is 0 Å². The molecule has 0 fully saturated rings. The third-order valence-corrected chi connectivity index (χ3v) is 2.58. The number of benzene rings is 1. The molecule has 1 rings (SSSR count). The van der Waals surface area contributed by atoms with Crippen molar-refractivity contribution in [2.45, 2.75) is 18.9 Å². The Balaban J connectivity index is 2.73. The zero-order chi connectivity index (χ0) is 14.3. The van der Waals surface area contributed by atoms with Crippen molar-refractivity contribution in [2.75, 3.05) is 0 Å². The first-order valence-electron chi connectivity index (χ1n) is 5.79. The van der Waals surface area contributed by atoms with E-state index in [0.29, 0.717) is 24.0 Å². The van der Waals surface area contributed by atoms with Gasteiger partial charge in [-0.05, 0) is 37.1 Å². The second-order valence-electron chi connectivity index (χ2n) is 3.98. The summed E-state index contributed by atoms with van der Waals surface area (Å²) in [6.45, 7) is 3.55. The highest BCUT2D eigenvalue weighted by atomic mass is 16.2. The van der Waals surface area contributed by atoms with Crippen molar-refractivity contribution in [3.8, 4) is 6.07 Å². The summed E-state index contributed by atoms with van der Waals surface area (Å²) >= 11 is 0. The van der Waals surface area contributed by atoms with Crippen LogP contribution in [-0.2, 0) is 4.79 Å². The Morgan fingerprint density at radius 2 is 2.05 bits per heavy atom. The Morgan fingerprint density at radius 1 is 1.42 bits per heavy atom. The van der Waals surface area contributed by atoms with E-state index in [1.165, 1.54) is 24.3 Å². The summed E-state index contributed by atoms with van der Waals surface area (Å²) in [5.74, 6) is -0.971. The van der Waals surface area contributed by atoms with Crippen LogP contribution in [0.2, 0.25) is 0 Å². The van der Waals surface area contributed by atoms with E-state index in [9.17, 15) is 9.59 Å². The van der Waals surface area contributed by atoms with Crippen molar-refractivity contribution < 1.29 is 9.59 Å². The van der Waals surface area contributed by atoms with E-state index < -0.39 is 17.9 Å². The maximum atomic E-state index is 11.9. The third-order valence-electron chi connectivity index (χ3n) is 2.58. The molecule has 2 amide bonds. The molecule has 0 saturated heterocycles. The van der Waals surface area contributed by atoms with Gasteiger partial charge in [0.15, 0.2) is 0 Å². The van der Waals surface area contributed by atoms with Crippen LogP contribution in [0.1, 0.15) is 28.8 Å². The van der Waals surface area contributed by atoms with Gasteiger partial charge in [-0.3, -0.25) is 9.59 Å². The maximum absolute atomic E-state index is 11.9. The fourth-order valence-electron chi connectivity index (χ4n) is 1.51. The van der Waals surface area contributed by atoms with E-state index >= 15 is 0 Å². The Hall–Kier alpha value is -2.61. The molecule has 0 bridgehead atoms. The maximum Gasteiger partial charge on any atom is 0.251 e. The number of amides is 2. The second kappa shape index (κ2) is 6.97. The van der Waals surface area contributed by atoms with Crippen LogP contribution in [0.25, 0.3) is 0 Å². The number of nitrogens with one attached hydrogen (secondary N) is 1. The van der Waals surface area contributed by atoms with Gasteiger partial charge in [0.05, 0.1) is 11.6 Å². The van der Waals surface area contributed by atoms with Gasteiger partial charge in [0, 0.05) is 5.56 Å². The monoisotopic (exact) mass is 257 g/mol. The number of carbonyl (C=O) groups excluding carboxylic acids is 2. The molecule has 98 valence electrons. The van der Waals surface area contributed by atoms with Gasteiger partial charge in [-0.15, -0.1) is 6.58 Å². The van der Waals surface area contributed by atoms with E-state index in [2.05, 4.69) is 11.9 Å². The molecular weight excluding hydrogens is 242 g/mol. The number of hydrogen-bond acceptors (Lipinski definition) is 3. The van der Waals surface area contributed by atoms with Crippen molar-refractivity contribution in [3.05, 3.63) is 48.0 Å². The second-order valence-corrected chi connectivity index (χ2v) is 3.98. The van der Waals surface area contributed by atoms with Crippen LogP contribution in [0, 0.1) is 11.3 Å². The molecule has 0 aliphatic heterocycles. The first kappa shape index (κ1) is 14.5. The number of nitrogens with zero attached hydrogens (tertiary/aromatic N) is 1. The summed E-state index contributed by atoms with van der Waals surface area (Å²) in [6.07, 6.45) is 2.66. The number of rotatable bonds is 6. The highest BCUT2D eigenvalue weighted by Gasteiger charge is 2.17. The summed E-state index contributed by atoms with van der Waals surface area (Å²) in [5, 5.41) is 11.2. The van der Waals surface area contributed by atoms with Gasteiger partial charge in [-0.1, -0.05) is 6.08 Å². The number of carbonyl (C=O) groups is 2. The molecular formula is C14H15N3O2. The minimum absolute atomic E-state index is 0.379. The van der Waals surface area contributed by atoms with Gasteiger partial charge in [-0.25, -0.2) is 0 Å². The number of nitrogens with two attached hydrogens (primary N) is 1. The summed E-state index contributed by atoms with van der Waals surface area (Å²) in [7, 11) is 0. The highest BCUT2D eigenvalue weighted by molar-refractivity contribution is 5.97. The minimum Gasteiger partial charge on any atom is -0.368 e. The summed E-state index contributed by atoms with van der Waals surface area (Å²) < 4.78 is 0. The first-order valence-corrected chi connectivity index (χ1v) is 5.79. The van der Waals surface area contributed by atoms with Gasteiger partial charge in [0.25, 0.3) is 5.91 Å². The smallest absolute Gasteiger partial charge is 0.251 e. The molecule has 1 atom stereocenters. The SMILES string of the molecule is C=CCC[C@H](NC(=O)c1ccc(C#N)cc1)C(N)=O. The lowest BCUT2D eigenvalue weighted by Crippen LogP contribution is -2.44. The van der Waals surface area contributed by atoms with Crippen LogP contribution in [0.15, 0.2) is 36.9 Å². The van der Waals surface area contributed by atoms with Crippen molar-refractivity contribution >= 4 is 11.8 Å². The van der Waals surface area contributed by atoms with Crippen LogP contribution < -0.4 is 11.1 Å². The molecule has 0 saturated carbocycles. The fraction of sp³-hybridized carbons (Fsp3) is 0.214. The summed E-state index contributed by atoms with van der Waals surface area (Å²) in [4.78, 5) is 23.1. The van der Waals surface area contributed by atoms with Gasteiger partial charge in [-0.2, -0.15) is 5.26 Å². The normalized spacial score (nSPS) is 11.1. The van der Waals surface area contributed by atoms with Crippen molar-refractivity contribution in [1.29, 1.82) is 5.26 Å². The molecule has 0 radical (unpaired) electrons. The molecule has 3 N–H and O–H groups in total. The van der Waals surface area contributed by atoms with E-state index in [1.54, 1.807) is 6.08 Å². The van der Waals surface area contributed by atoms with E-state index in [1.807, 2.05) is 6.07 Å². The fourth-order valence-corrected chi connectivity index (χ4v) is 1.51. The zero-order valence-corrected chi connectivity index (χ0v) is 10.4. The molecule has 0 aliphatic rings. The molecule has 0 unspecified atom stereocenters. The topological polar surface area (TPSA) is 96.0 Å². The number of primary amides is 1. The number of allylic oxidation sites excluding steroid dienone is 1.